The lowest BCUT2D eigenvalue weighted by Crippen LogP contribution is -2.48. The summed E-state index contributed by atoms with van der Waals surface area (Å²) in [7, 11) is 0. The number of carbonyl (C=O) groups excluding carboxylic acids is 1. The first-order valence-electron chi connectivity index (χ1n) is 9.64. The van der Waals surface area contributed by atoms with E-state index in [1.807, 2.05) is 34.9 Å². The van der Waals surface area contributed by atoms with Gasteiger partial charge >= 0.3 is 0 Å². The van der Waals surface area contributed by atoms with Crippen molar-refractivity contribution < 1.29 is 4.79 Å². The molecule has 0 saturated carbocycles. The molecular weight excluding hydrogens is 356 g/mol. The number of aryl methyl sites for hydroxylation is 1. The number of nitrogens with one attached hydrogen (secondary N) is 2. The van der Waals surface area contributed by atoms with E-state index in [1.165, 1.54) is 10.5 Å². The molecule has 0 spiro atoms. The van der Waals surface area contributed by atoms with Crippen molar-refractivity contribution in [3.63, 3.8) is 0 Å². The SMILES string of the molecule is Cc1ccccc1SC1CCN(C(=O)C2CC(c3ccccn3)NN2)CC1. The Hall–Kier alpha value is -1.89. The van der Waals surface area contributed by atoms with Crippen LogP contribution in [0.15, 0.2) is 53.6 Å². The number of amides is 1. The summed E-state index contributed by atoms with van der Waals surface area (Å²) in [5.41, 5.74) is 8.72. The molecule has 2 aromatic rings. The van der Waals surface area contributed by atoms with Crippen LogP contribution in [0.25, 0.3) is 0 Å². The lowest BCUT2D eigenvalue weighted by Gasteiger charge is -2.33. The van der Waals surface area contributed by atoms with E-state index in [9.17, 15) is 4.79 Å². The number of aromatic nitrogens is 1. The van der Waals surface area contributed by atoms with Gasteiger partial charge in [-0.1, -0.05) is 24.3 Å². The third kappa shape index (κ3) is 4.34. The van der Waals surface area contributed by atoms with Crippen LogP contribution in [0.3, 0.4) is 0 Å². The van der Waals surface area contributed by atoms with Crippen molar-refractivity contribution in [3.8, 4) is 0 Å². The molecule has 3 heterocycles. The molecule has 142 valence electrons. The first kappa shape index (κ1) is 18.5. The molecule has 2 atom stereocenters. The van der Waals surface area contributed by atoms with Crippen molar-refractivity contribution in [2.45, 2.75) is 48.4 Å². The molecule has 4 rings (SSSR count). The normalized spacial score (nSPS) is 23.5. The number of hydrogen-bond acceptors (Lipinski definition) is 5. The number of benzene rings is 1. The van der Waals surface area contributed by atoms with Gasteiger partial charge in [-0.3, -0.25) is 9.78 Å². The summed E-state index contributed by atoms with van der Waals surface area (Å²) in [6.07, 6.45) is 4.64. The minimum absolute atomic E-state index is 0.0919. The fourth-order valence-electron chi connectivity index (χ4n) is 3.78. The second kappa shape index (κ2) is 8.42. The number of hydrogen-bond donors (Lipinski definition) is 2. The summed E-state index contributed by atoms with van der Waals surface area (Å²) in [6.45, 7) is 3.85. The highest BCUT2D eigenvalue weighted by Crippen LogP contribution is 2.32. The average Bonchev–Trinajstić information content (AvgIpc) is 3.21. The maximum Gasteiger partial charge on any atom is 0.241 e. The number of likely N-dealkylation sites (tertiary alicyclic amines) is 1. The number of carbonyl (C=O) groups is 1. The van der Waals surface area contributed by atoms with Crippen LogP contribution in [-0.4, -0.2) is 40.2 Å². The molecule has 0 bridgehead atoms. The Morgan fingerprint density at radius 2 is 1.89 bits per heavy atom. The Bertz CT molecular complexity index is 777. The van der Waals surface area contributed by atoms with Crippen molar-refractivity contribution in [2.24, 2.45) is 0 Å². The molecule has 1 amide bonds. The first-order valence-corrected chi connectivity index (χ1v) is 10.5. The average molecular weight is 383 g/mol. The highest BCUT2D eigenvalue weighted by Gasteiger charge is 2.34. The van der Waals surface area contributed by atoms with E-state index in [0.717, 1.165) is 38.0 Å². The van der Waals surface area contributed by atoms with Gasteiger partial charge in [-0.05, 0) is 49.9 Å². The zero-order valence-corrected chi connectivity index (χ0v) is 16.4. The number of thioether (sulfide) groups is 1. The fraction of sp³-hybridized carbons (Fsp3) is 0.429. The van der Waals surface area contributed by atoms with E-state index in [4.69, 9.17) is 0 Å². The minimum Gasteiger partial charge on any atom is -0.341 e. The molecule has 27 heavy (non-hydrogen) atoms. The molecule has 2 fully saturated rings. The Balaban J connectivity index is 1.28. The van der Waals surface area contributed by atoms with Gasteiger partial charge in [0.1, 0.15) is 6.04 Å². The largest absolute Gasteiger partial charge is 0.341 e. The summed E-state index contributed by atoms with van der Waals surface area (Å²) >= 11 is 1.96. The van der Waals surface area contributed by atoms with Crippen molar-refractivity contribution in [1.29, 1.82) is 0 Å². The molecule has 0 radical (unpaired) electrons. The van der Waals surface area contributed by atoms with E-state index in [-0.39, 0.29) is 18.0 Å². The molecular formula is C21H26N4OS. The number of nitrogens with zero attached hydrogens (tertiary/aromatic N) is 2. The van der Waals surface area contributed by atoms with Crippen molar-refractivity contribution in [1.82, 2.24) is 20.7 Å². The summed E-state index contributed by atoms with van der Waals surface area (Å²) in [4.78, 5) is 20.7. The molecule has 1 aromatic carbocycles. The molecule has 2 unspecified atom stereocenters. The lowest BCUT2D eigenvalue weighted by molar-refractivity contribution is -0.134. The van der Waals surface area contributed by atoms with E-state index in [2.05, 4.69) is 47.0 Å². The zero-order chi connectivity index (χ0) is 18.6. The zero-order valence-electron chi connectivity index (χ0n) is 15.6. The number of hydrazine groups is 1. The maximum absolute atomic E-state index is 12.9. The Kier molecular flexibility index (Phi) is 5.76. The number of pyridine rings is 1. The lowest BCUT2D eigenvalue weighted by atomic mass is 10.0. The van der Waals surface area contributed by atoms with Gasteiger partial charge in [0.2, 0.25) is 5.91 Å². The van der Waals surface area contributed by atoms with Gasteiger partial charge < -0.3 is 4.90 Å². The second-order valence-corrected chi connectivity index (χ2v) is 8.63. The predicted octanol–water partition coefficient (Wildman–Crippen LogP) is 3.08. The maximum atomic E-state index is 12.9. The smallest absolute Gasteiger partial charge is 0.241 e. The van der Waals surface area contributed by atoms with Crippen molar-refractivity contribution >= 4 is 17.7 Å². The van der Waals surface area contributed by atoms with Crippen LogP contribution in [0, 0.1) is 6.92 Å². The highest BCUT2D eigenvalue weighted by molar-refractivity contribution is 8.00. The number of rotatable bonds is 4. The van der Waals surface area contributed by atoms with Gasteiger partial charge in [-0.2, -0.15) is 0 Å². The predicted molar refractivity (Wildman–Crippen MR) is 108 cm³/mol. The Labute approximate surface area is 164 Å². The van der Waals surface area contributed by atoms with Gasteiger partial charge in [0.25, 0.3) is 0 Å². The van der Waals surface area contributed by atoms with Crippen LogP contribution in [0.2, 0.25) is 0 Å². The van der Waals surface area contributed by atoms with E-state index in [1.54, 1.807) is 6.20 Å². The molecule has 2 N–H and O–H groups in total. The van der Waals surface area contributed by atoms with Gasteiger partial charge in [0.15, 0.2) is 0 Å². The second-order valence-electron chi connectivity index (χ2n) is 7.29. The highest BCUT2D eigenvalue weighted by atomic mass is 32.2. The molecule has 2 saturated heterocycles. The van der Waals surface area contributed by atoms with Gasteiger partial charge in [0.05, 0.1) is 11.7 Å². The van der Waals surface area contributed by atoms with Crippen LogP contribution in [0.5, 0.6) is 0 Å². The minimum atomic E-state index is -0.169. The standard InChI is InChI=1S/C21H26N4OS/c1-15-6-2-3-8-20(15)27-16-9-12-25(13-10-16)21(26)19-14-18(23-24-19)17-7-4-5-11-22-17/h2-8,11,16,18-19,23-24H,9-10,12-14H2,1H3. The van der Waals surface area contributed by atoms with Gasteiger partial charge in [0, 0.05) is 29.4 Å². The third-order valence-electron chi connectivity index (χ3n) is 5.39. The summed E-state index contributed by atoms with van der Waals surface area (Å²) in [6, 6.07) is 14.4. The molecule has 6 heteroatoms. The van der Waals surface area contributed by atoms with Crippen molar-refractivity contribution in [3.05, 3.63) is 59.9 Å². The topological polar surface area (TPSA) is 57.3 Å². The summed E-state index contributed by atoms with van der Waals surface area (Å²) in [5, 5.41) is 0.589. The quantitative estimate of drug-likeness (QED) is 0.851. The first-order chi connectivity index (χ1) is 13.2. The Morgan fingerprint density at radius 1 is 1.11 bits per heavy atom. The molecule has 0 aliphatic carbocycles. The molecule has 2 aliphatic rings. The fourth-order valence-corrected chi connectivity index (χ4v) is 4.99. The van der Waals surface area contributed by atoms with Crippen LogP contribution < -0.4 is 10.9 Å². The van der Waals surface area contributed by atoms with Gasteiger partial charge in [-0.15, -0.1) is 11.8 Å². The van der Waals surface area contributed by atoms with E-state index in [0.29, 0.717) is 5.25 Å². The monoisotopic (exact) mass is 382 g/mol. The summed E-state index contributed by atoms with van der Waals surface area (Å²) in [5.74, 6) is 0.209. The molecule has 2 aliphatic heterocycles. The number of piperidine rings is 1. The molecule has 5 nitrogen and oxygen atoms in total. The summed E-state index contributed by atoms with van der Waals surface area (Å²) < 4.78 is 0. The van der Waals surface area contributed by atoms with E-state index >= 15 is 0 Å². The van der Waals surface area contributed by atoms with Crippen LogP contribution in [-0.2, 0) is 4.79 Å². The van der Waals surface area contributed by atoms with Crippen molar-refractivity contribution in [2.75, 3.05) is 13.1 Å². The Morgan fingerprint density at radius 3 is 2.63 bits per heavy atom. The van der Waals surface area contributed by atoms with Crippen LogP contribution >= 0.6 is 11.8 Å². The molecule has 1 aromatic heterocycles. The van der Waals surface area contributed by atoms with Gasteiger partial charge in [-0.25, -0.2) is 10.9 Å². The van der Waals surface area contributed by atoms with Crippen LogP contribution in [0.1, 0.15) is 36.6 Å². The van der Waals surface area contributed by atoms with Crippen LogP contribution in [0.4, 0.5) is 0 Å². The third-order valence-corrected chi connectivity index (χ3v) is 6.90. The van der Waals surface area contributed by atoms with E-state index < -0.39 is 0 Å².